The number of likely N-dealkylation sites (N-methyl/N-ethyl adjacent to an activating group) is 1. The first kappa shape index (κ1) is 17.0. The first-order valence-electron chi connectivity index (χ1n) is 7.66. The Bertz CT molecular complexity index is 572. The maximum Gasteiger partial charge on any atom is 0.410 e. The topological polar surface area (TPSA) is 72.9 Å². The van der Waals surface area contributed by atoms with Crippen LogP contribution in [0.2, 0.25) is 0 Å². The molecular formula is C17H21NO5. The highest BCUT2D eigenvalue weighted by molar-refractivity contribution is 5.96. The third kappa shape index (κ3) is 4.55. The molecule has 1 saturated heterocycles. The zero-order valence-corrected chi connectivity index (χ0v) is 13.4. The molecule has 6 heteroatoms. The number of Topliss-reactive ketones (excluding diaryl/α,β-unsaturated/α-hetero) is 1. The lowest BCUT2D eigenvalue weighted by Gasteiger charge is -2.21. The van der Waals surface area contributed by atoms with Crippen LogP contribution < -0.4 is 0 Å². The summed E-state index contributed by atoms with van der Waals surface area (Å²) in [6.07, 6.45) is -0.661. The fourth-order valence-electron chi connectivity index (χ4n) is 2.65. The summed E-state index contributed by atoms with van der Waals surface area (Å²) in [4.78, 5) is 36.7. The van der Waals surface area contributed by atoms with Crippen LogP contribution in [0.1, 0.15) is 25.3 Å². The van der Waals surface area contributed by atoms with Gasteiger partial charge in [0.25, 0.3) is 0 Å². The Kier molecular flexibility index (Phi) is 5.73. The van der Waals surface area contributed by atoms with Crippen molar-refractivity contribution < 1.29 is 23.9 Å². The molecule has 2 atom stereocenters. The highest BCUT2D eigenvalue weighted by Crippen LogP contribution is 2.24. The SMILES string of the molecule is CCOC(=O)CC(=O)C[C@@H]1OC(=O)N(C)[C@H]1Cc1ccccc1. The summed E-state index contributed by atoms with van der Waals surface area (Å²) in [7, 11) is 1.66. The first-order valence-corrected chi connectivity index (χ1v) is 7.66. The summed E-state index contributed by atoms with van der Waals surface area (Å²) in [5, 5.41) is 0. The van der Waals surface area contributed by atoms with Crippen LogP contribution in [0.3, 0.4) is 0 Å². The highest BCUT2D eigenvalue weighted by atomic mass is 16.6. The molecule has 1 heterocycles. The fraction of sp³-hybridized carbons (Fsp3) is 0.471. The van der Waals surface area contributed by atoms with E-state index in [1.807, 2.05) is 30.3 Å². The second kappa shape index (κ2) is 7.76. The smallest absolute Gasteiger partial charge is 0.410 e. The first-order chi connectivity index (χ1) is 11.0. The average molecular weight is 319 g/mol. The minimum atomic E-state index is -0.547. The van der Waals surface area contributed by atoms with Gasteiger partial charge in [0.15, 0.2) is 0 Å². The predicted molar refractivity (Wildman–Crippen MR) is 82.8 cm³/mol. The number of hydrogen-bond acceptors (Lipinski definition) is 5. The molecule has 1 aliphatic rings. The van der Waals surface area contributed by atoms with Gasteiger partial charge in [-0.25, -0.2) is 4.79 Å². The molecule has 0 aromatic heterocycles. The molecule has 2 rings (SSSR count). The molecule has 0 radical (unpaired) electrons. The molecule has 0 N–H and O–H groups in total. The monoisotopic (exact) mass is 319 g/mol. The Morgan fingerprint density at radius 1 is 1.26 bits per heavy atom. The van der Waals surface area contributed by atoms with Crippen LogP contribution in [-0.4, -0.2) is 48.5 Å². The minimum Gasteiger partial charge on any atom is -0.466 e. The van der Waals surface area contributed by atoms with Crippen molar-refractivity contribution in [3.8, 4) is 0 Å². The fourth-order valence-corrected chi connectivity index (χ4v) is 2.65. The zero-order valence-electron chi connectivity index (χ0n) is 13.4. The number of esters is 1. The molecule has 0 saturated carbocycles. The number of nitrogens with zero attached hydrogens (tertiary/aromatic N) is 1. The highest BCUT2D eigenvalue weighted by Gasteiger charge is 2.40. The van der Waals surface area contributed by atoms with Crippen LogP contribution in [0.15, 0.2) is 30.3 Å². The molecule has 124 valence electrons. The molecule has 1 aromatic carbocycles. The van der Waals surface area contributed by atoms with Gasteiger partial charge in [-0.15, -0.1) is 0 Å². The molecule has 6 nitrogen and oxygen atoms in total. The van der Waals surface area contributed by atoms with E-state index in [2.05, 4.69) is 0 Å². The van der Waals surface area contributed by atoms with E-state index in [0.717, 1.165) is 5.56 Å². The lowest BCUT2D eigenvalue weighted by atomic mass is 9.97. The van der Waals surface area contributed by atoms with Crippen LogP contribution in [0.4, 0.5) is 4.79 Å². The normalized spacial score (nSPS) is 20.3. The Labute approximate surface area is 135 Å². The van der Waals surface area contributed by atoms with Crippen LogP contribution in [0.5, 0.6) is 0 Å². The van der Waals surface area contributed by atoms with Crippen LogP contribution >= 0.6 is 0 Å². The molecule has 0 unspecified atom stereocenters. The van der Waals surface area contributed by atoms with Gasteiger partial charge in [-0.1, -0.05) is 30.3 Å². The second-order valence-electron chi connectivity index (χ2n) is 5.51. The van der Waals surface area contributed by atoms with E-state index < -0.39 is 18.2 Å². The number of hydrogen-bond donors (Lipinski definition) is 0. The van der Waals surface area contributed by atoms with Crippen LogP contribution in [0, 0.1) is 0 Å². The van der Waals surface area contributed by atoms with Crippen molar-refractivity contribution in [1.29, 1.82) is 0 Å². The van der Waals surface area contributed by atoms with Gasteiger partial charge in [-0.2, -0.15) is 0 Å². The molecule has 1 amide bonds. The van der Waals surface area contributed by atoms with Crippen molar-refractivity contribution in [3.63, 3.8) is 0 Å². The maximum atomic E-state index is 12.0. The molecule has 0 aliphatic carbocycles. The quantitative estimate of drug-likeness (QED) is 0.567. The summed E-state index contributed by atoms with van der Waals surface area (Å²) in [6.45, 7) is 1.93. The van der Waals surface area contributed by atoms with Crippen molar-refractivity contribution in [2.45, 2.75) is 38.3 Å². The van der Waals surface area contributed by atoms with Crippen LogP contribution in [-0.2, 0) is 25.5 Å². The zero-order chi connectivity index (χ0) is 16.8. The van der Waals surface area contributed by atoms with Gasteiger partial charge in [-0.05, 0) is 18.9 Å². The summed E-state index contributed by atoms with van der Waals surface area (Å²) >= 11 is 0. The lowest BCUT2D eigenvalue weighted by molar-refractivity contribution is -0.145. The molecule has 1 aliphatic heterocycles. The molecule has 23 heavy (non-hydrogen) atoms. The number of carbonyl (C=O) groups is 3. The Hall–Kier alpha value is -2.37. The van der Waals surface area contributed by atoms with Crippen molar-refractivity contribution in [2.75, 3.05) is 13.7 Å². The number of benzene rings is 1. The van der Waals surface area contributed by atoms with Gasteiger partial charge in [0, 0.05) is 13.5 Å². The van der Waals surface area contributed by atoms with Gasteiger partial charge in [0.05, 0.1) is 12.6 Å². The minimum absolute atomic E-state index is 0.0202. The second-order valence-corrected chi connectivity index (χ2v) is 5.51. The van der Waals surface area contributed by atoms with E-state index >= 15 is 0 Å². The van der Waals surface area contributed by atoms with Crippen molar-refractivity contribution >= 4 is 17.8 Å². The predicted octanol–water partition coefficient (Wildman–Crippen LogP) is 1.96. The Morgan fingerprint density at radius 3 is 2.61 bits per heavy atom. The van der Waals surface area contributed by atoms with Gasteiger partial charge < -0.3 is 14.4 Å². The molecule has 1 aromatic rings. The van der Waals surface area contributed by atoms with E-state index in [0.29, 0.717) is 6.42 Å². The van der Waals surface area contributed by atoms with E-state index in [9.17, 15) is 14.4 Å². The van der Waals surface area contributed by atoms with Gasteiger partial charge in [0.1, 0.15) is 18.3 Å². The molecule has 0 bridgehead atoms. The maximum absolute atomic E-state index is 12.0. The summed E-state index contributed by atoms with van der Waals surface area (Å²) in [5.41, 5.74) is 1.06. The number of amides is 1. The molecular weight excluding hydrogens is 298 g/mol. The number of rotatable bonds is 7. The number of ketones is 1. The van der Waals surface area contributed by atoms with Crippen molar-refractivity contribution in [2.24, 2.45) is 0 Å². The molecule has 1 fully saturated rings. The van der Waals surface area contributed by atoms with Crippen molar-refractivity contribution in [3.05, 3.63) is 35.9 Å². The largest absolute Gasteiger partial charge is 0.466 e. The molecule has 0 spiro atoms. The summed E-state index contributed by atoms with van der Waals surface area (Å²) in [5.74, 6) is -0.829. The van der Waals surface area contributed by atoms with Crippen LogP contribution in [0.25, 0.3) is 0 Å². The number of carbonyl (C=O) groups excluding carboxylic acids is 3. The standard InChI is InChI=1S/C17H21NO5/c1-3-22-16(20)11-13(19)10-15-14(18(2)17(21)23-15)9-12-7-5-4-6-8-12/h4-8,14-15H,3,9-11H2,1-2H3/t14-,15-/m0/s1. The Balaban J connectivity index is 1.99. The van der Waals surface area contributed by atoms with Gasteiger partial charge in [-0.3, -0.25) is 9.59 Å². The van der Waals surface area contributed by atoms with Gasteiger partial charge in [0.2, 0.25) is 0 Å². The summed E-state index contributed by atoms with van der Waals surface area (Å²) in [6, 6.07) is 9.48. The van der Waals surface area contributed by atoms with Gasteiger partial charge >= 0.3 is 12.1 Å². The van der Waals surface area contributed by atoms with E-state index in [1.54, 1.807) is 14.0 Å². The number of ether oxygens (including phenoxy) is 2. The van der Waals surface area contributed by atoms with Crippen molar-refractivity contribution in [1.82, 2.24) is 4.90 Å². The van der Waals surface area contributed by atoms with E-state index in [4.69, 9.17) is 9.47 Å². The third-order valence-electron chi connectivity index (χ3n) is 3.83. The average Bonchev–Trinajstić information content (AvgIpc) is 2.76. The Morgan fingerprint density at radius 2 is 1.96 bits per heavy atom. The number of cyclic esters (lactones) is 1. The van der Waals surface area contributed by atoms with E-state index in [1.165, 1.54) is 4.90 Å². The third-order valence-corrected chi connectivity index (χ3v) is 3.83. The summed E-state index contributed by atoms with van der Waals surface area (Å²) < 4.78 is 10.0. The lowest BCUT2D eigenvalue weighted by Crippen LogP contribution is -2.36. The van der Waals surface area contributed by atoms with E-state index in [-0.39, 0.29) is 31.3 Å².